The predicted octanol–water partition coefficient (Wildman–Crippen LogP) is 2.91. The summed E-state index contributed by atoms with van der Waals surface area (Å²) >= 11 is 6.00. The van der Waals surface area contributed by atoms with Crippen molar-refractivity contribution < 1.29 is 0 Å². The summed E-state index contributed by atoms with van der Waals surface area (Å²) in [6, 6.07) is 7.95. The van der Waals surface area contributed by atoms with Gasteiger partial charge in [-0.05, 0) is 24.6 Å². The molecule has 0 aliphatic heterocycles. The van der Waals surface area contributed by atoms with Gasteiger partial charge >= 0.3 is 0 Å². The molecule has 0 aliphatic rings. The molecule has 2 aromatic rings. The molecule has 1 heterocycles. The van der Waals surface area contributed by atoms with E-state index in [1.807, 2.05) is 36.2 Å². The Kier molecular flexibility index (Phi) is 3.67. The summed E-state index contributed by atoms with van der Waals surface area (Å²) in [5.41, 5.74) is 6.65. The molecule has 1 atom stereocenters. The molecule has 1 unspecified atom stereocenters. The molecule has 0 spiro atoms. The number of rotatable bonds is 3. The average Bonchev–Trinajstić information content (AvgIpc) is 2.38. The van der Waals surface area contributed by atoms with Crippen molar-refractivity contribution in [2.24, 2.45) is 0 Å². The van der Waals surface area contributed by atoms with Crippen LogP contribution in [-0.2, 0) is 0 Å². The van der Waals surface area contributed by atoms with Crippen LogP contribution >= 0.6 is 11.6 Å². The fraction of sp³-hybridized carbons (Fsp3) is 0.231. The molecule has 0 aliphatic carbocycles. The van der Waals surface area contributed by atoms with Crippen molar-refractivity contribution in [2.45, 2.75) is 13.0 Å². The standard InChI is InChI=1S/C13H15ClN4/c1-9(10-4-3-5-11(14)6-10)18(2)13-8-16-12(15)7-17-13/h3-9H,1-2H3,(H2,15,16). The smallest absolute Gasteiger partial charge is 0.147 e. The fourth-order valence-corrected chi connectivity index (χ4v) is 1.90. The van der Waals surface area contributed by atoms with E-state index in [9.17, 15) is 0 Å². The van der Waals surface area contributed by atoms with Crippen LogP contribution in [0.5, 0.6) is 0 Å². The van der Waals surface area contributed by atoms with Crippen molar-refractivity contribution in [2.75, 3.05) is 17.7 Å². The third kappa shape index (κ3) is 2.71. The van der Waals surface area contributed by atoms with Crippen molar-refractivity contribution in [1.82, 2.24) is 9.97 Å². The first kappa shape index (κ1) is 12.6. The number of benzene rings is 1. The summed E-state index contributed by atoms with van der Waals surface area (Å²) in [6.07, 6.45) is 3.22. The number of nitrogens with two attached hydrogens (primary N) is 1. The van der Waals surface area contributed by atoms with Crippen LogP contribution < -0.4 is 10.6 Å². The van der Waals surface area contributed by atoms with Gasteiger partial charge in [0, 0.05) is 12.1 Å². The number of aromatic nitrogens is 2. The van der Waals surface area contributed by atoms with Gasteiger partial charge < -0.3 is 10.6 Å². The molecule has 5 heteroatoms. The number of halogens is 1. The van der Waals surface area contributed by atoms with Gasteiger partial charge in [-0.25, -0.2) is 9.97 Å². The Morgan fingerprint density at radius 1 is 1.28 bits per heavy atom. The number of hydrogen-bond donors (Lipinski definition) is 1. The molecule has 18 heavy (non-hydrogen) atoms. The maximum Gasteiger partial charge on any atom is 0.147 e. The van der Waals surface area contributed by atoms with E-state index in [-0.39, 0.29) is 6.04 Å². The van der Waals surface area contributed by atoms with E-state index in [0.717, 1.165) is 16.4 Å². The third-order valence-corrected chi connectivity index (χ3v) is 3.17. The van der Waals surface area contributed by atoms with Crippen molar-refractivity contribution >= 4 is 23.2 Å². The lowest BCUT2D eigenvalue weighted by molar-refractivity contribution is 0.727. The van der Waals surface area contributed by atoms with Crippen LogP contribution in [0.25, 0.3) is 0 Å². The molecule has 0 saturated carbocycles. The van der Waals surface area contributed by atoms with Gasteiger partial charge in [0.05, 0.1) is 18.4 Å². The summed E-state index contributed by atoms with van der Waals surface area (Å²) in [7, 11) is 1.96. The molecule has 0 bridgehead atoms. The molecule has 94 valence electrons. The molecule has 0 amide bonds. The molecule has 4 nitrogen and oxygen atoms in total. The molecule has 1 aromatic carbocycles. The molecule has 2 rings (SSSR count). The van der Waals surface area contributed by atoms with E-state index in [4.69, 9.17) is 17.3 Å². The van der Waals surface area contributed by atoms with Gasteiger partial charge in [-0.1, -0.05) is 23.7 Å². The monoisotopic (exact) mass is 262 g/mol. The lowest BCUT2D eigenvalue weighted by Gasteiger charge is -2.26. The Bertz CT molecular complexity index is 527. The van der Waals surface area contributed by atoms with Crippen LogP contribution in [0, 0.1) is 0 Å². The Hall–Kier alpha value is -1.81. The van der Waals surface area contributed by atoms with Crippen LogP contribution in [0.2, 0.25) is 5.02 Å². The van der Waals surface area contributed by atoms with Gasteiger partial charge in [-0.15, -0.1) is 0 Å². The predicted molar refractivity (Wildman–Crippen MR) is 74.7 cm³/mol. The maximum atomic E-state index is 6.00. The fourth-order valence-electron chi connectivity index (χ4n) is 1.70. The molecule has 2 N–H and O–H groups in total. The van der Waals surface area contributed by atoms with Crippen molar-refractivity contribution in [3.05, 3.63) is 47.2 Å². The van der Waals surface area contributed by atoms with Crippen molar-refractivity contribution in [3.63, 3.8) is 0 Å². The minimum absolute atomic E-state index is 0.154. The zero-order valence-corrected chi connectivity index (χ0v) is 11.1. The third-order valence-electron chi connectivity index (χ3n) is 2.93. The molecular formula is C13H15ClN4. The van der Waals surface area contributed by atoms with Crippen molar-refractivity contribution in [3.8, 4) is 0 Å². The highest BCUT2D eigenvalue weighted by Crippen LogP contribution is 2.25. The van der Waals surface area contributed by atoms with Crippen LogP contribution in [0.15, 0.2) is 36.7 Å². The van der Waals surface area contributed by atoms with Crippen LogP contribution in [0.1, 0.15) is 18.5 Å². The van der Waals surface area contributed by atoms with Gasteiger partial charge in [0.25, 0.3) is 0 Å². The van der Waals surface area contributed by atoms with Crippen LogP contribution in [0.4, 0.5) is 11.6 Å². The largest absolute Gasteiger partial charge is 0.382 e. The van der Waals surface area contributed by atoms with Gasteiger partial charge in [-0.2, -0.15) is 0 Å². The average molecular weight is 263 g/mol. The number of nitrogens with zero attached hydrogens (tertiary/aromatic N) is 3. The van der Waals surface area contributed by atoms with Crippen molar-refractivity contribution in [1.29, 1.82) is 0 Å². The molecule has 0 fully saturated rings. The zero-order chi connectivity index (χ0) is 13.1. The van der Waals surface area contributed by atoms with E-state index in [1.165, 1.54) is 0 Å². The van der Waals surface area contributed by atoms with E-state index in [0.29, 0.717) is 5.82 Å². The minimum Gasteiger partial charge on any atom is -0.382 e. The first-order valence-corrected chi connectivity index (χ1v) is 6.01. The summed E-state index contributed by atoms with van der Waals surface area (Å²) < 4.78 is 0. The highest BCUT2D eigenvalue weighted by atomic mass is 35.5. The molecule has 0 radical (unpaired) electrons. The van der Waals surface area contributed by atoms with E-state index >= 15 is 0 Å². The molecule has 1 aromatic heterocycles. The number of hydrogen-bond acceptors (Lipinski definition) is 4. The highest BCUT2D eigenvalue weighted by molar-refractivity contribution is 6.30. The van der Waals surface area contributed by atoms with E-state index < -0.39 is 0 Å². The van der Waals surface area contributed by atoms with Crippen LogP contribution in [0.3, 0.4) is 0 Å². The lowest BCUT2D eigenvalue weighted by Crippen LogP contribution is -2.22. The Morgan fingerprint density at radius 2 is 2.06 bits per heavy atom. The molecular weight excluding hydrogens is 248 g/mol. The number of anilines is 2. The first-order chi connectivity index (χ1) is 8.58. The maximum absolute atomic E-state index is 6.00. The van der Waals surface area contributed by atoms with Gasteiger partial charge in [0.15, 0.2) is 0 Å². The quantitative estimate of drug-likeness (QED) is 0.924. The van der Waals surface area contributed by atoms with Gasteiger partial charge in [0.2, 0.25) is 0 Å². The highest BCUT2D eigenvalue weighted by Gasteiger charge is 2.13. The topological polar surface area (TPSA) is 55.0 Å². The second-order valence-corrected chi connectivity index (χ2v) is 4.58. The van der Waals surface area contributed by atoms with Gasteiger partial charge in [0.1, 0.15) is 11.6 Å². The Morgan fingerprint density at radius 3 is 2.67 bits per heavy atom. The van der Waals surface area contributed by atoms with E-state index in [1.54, 1.807) is 12.4 Å². The Balaban J connectivity index is 2.23. The summed E-state index contributed by atoms with van der Waals surface area (Å²) in [4.78, 5) is 10.3. The summed E-state index contributed by atoms with van der Waals surface area (Å²) in [6.45, 7) is 2.09. The summed E-state index contributed by atoms with van der Waals surface area (Å²) in [5, 5.41) is 0.733. The Labute approximate surface area is 111 Å². The zero-order valence-electron chi connectivity index (χ0n) is 10.3. The lowest BCUT2D eigenvalue weighted by atomic mass is 10.1. The second kappa shape index (κ2) is 5.23. The normalized spacial score (nSPS) is 12.2. The minimum atomic E-state index is 0.154. The molecule has 0 saturated heterocycles. The second-order valence-electron chi connectivity index (χ2n) is 4.14. The summed E-state index contributed by atoms with van der Waals surface area (Å²) in [5.74, 6) is 1.19. The van der Waals surface area contributed by atoms with Crippen LogP contribution in [-0.4, -0.2) is 17.0 Å². The number of nitrogen functional groups attached to an aromatic ring is 1. The SMILES string of the molecule is CC(c1cccc(Cl)c1)N(C)c1cnc(N)cn1. The van der Waals surface area contributed by atoms with Gasteiger partial charge in [-0.3, -0.25) is 0 Å². The first-order valence-electron chi connectivity index (χ1n) is 5.64. The van der Waals surface area contributed by atoms with E-state index in [2.05, 4.69) is 16.9 Å².